The zero-order valence-electron chi connectivity index (χ0n) is 21.6. The van der Waals surface area contributed by atoms with E-state index in [2.05, 4.69) is 20.0 Å². The summed E-state index contributed by atoms with van der Waals surface area (Å²) < 4.78 is 45.5. The molecule has 1 heterocycles. The van der Waals surface area contributed by atoms with Gasteiger partial charge in [-0.1, -0.05) is 48.9 Å². The van der Waals surface area contributed by atoms with Crippen molar-refractivity contribution in [3.63, 3.8) is 0 Å². The van der Waals surface area contributed by atoms with Gasteiger partial charge >= 0.3 is 18.1 Å². The molecular weight excluding hydrogens is 497 g/mol. The predicted molar refractivity (Wildman–Crippen MR) is 136 cm³/mol. The van der Waals surface area contributed by atoms with Crippen LogP contribution in [0.3, 0.4) is 0 Å². The summed E-state index contributed by atoms with van der Waals surface area (Å²) in [5, 5.41) is 3.40. The smallest absolute Gasteiger partial charge is 0.463 e. The number of hydrogen-bond donors (Lipinski definition) is 1. The van der Waals surface area contributed by atoms with Gasteiger partial charge in [0, 0.05) is 48.5 Å². The Morgan fingerprint density at radius 3 is 2.34 bits per heavy atom. The number of alkyl halides is 3. The highest BCUT2D eigenvalue weighted by Gasteiger charge is 2.54. The number of aromatic nitrogens is 2. The number of esters is 1. The van der Waals surface area contributed by atoms with Crippen LogP contribution in [0, 0.1) is 5.92 Å². The van der Waals surface area contributed by atoms with E-state index in [1.54, 1.807) is 12.4 Å². The van der Waals surface area contributed by atoms with E-state index in [1.165, 1.54) is 7.11 Å². The first-order chi connectivity index (χ1) is 18.2. The first kappa shape index (κ1) is 27.8. The van der Waals surface area contributed by atoms with Crippen LogP contribution < -0.4 is 5.32 Å². The molecule has 2 aromatic rings. The zero-order chi connectivity index (χ0) is 27.3. The Labute approximate surface area is 220 Å². The molecule has 38 heavy (non-hydrogen) atoms. The Hall–Kier alpha value is -3.27. The minimum atomic E-state index is -4.89. The van der Waals surface area contributed by atoms with Crippen molar-refractivity contribution in [2.45, 2.75) is 76.3 Å². The highest BCUT2D eigenvalue weighted by molar-refractivity contribution is 5.84. The second-order valence-electron chi connectivity index (χ2n) is 9.90. The number of nitrogens with one attached hydrogen (secondary N) is 1. The van der Waals surface area contributed by atoms with Crippen LogP contribution in [0.25, 0.3) is 6.08 Å². The molecule has 1 aromatic carbocycles. The molecular formula is C28H33F3N4O3. The topological polar surface area (TPSA) is 84.4 Å². The molecule has 1 amide bonds. The van der Waals surface area contributed by atoms with Gasteiger partial charge in [-0.25, -0.2) is 14.8 Å². The maximum absolute atomic E-state index is 13.6. The molecule has 0 spiro atoms. The second-order valence-corrected chi connectivity index (χ2v) is 9.90. The number of hydrogen-bond acceptors (Lipinski definition) is 6. The molecule has 2 atom stereocenters. The molecule has 0 saturated heterocycles. The molecule has 0 radical (unpaired) electrons. The summed E-state index contributed by atoms with van der Waals surface area (Å²) in [5.74, 6) is -2.40. The fourth-order valence-electron chi connectivity index (χ4n) is 5.32. The lowest BCUT2D eigenvalue weighted by atomic mass is 9.89. The zero-order valence-corrected chi connectivity index (χ0v) is 21.6. The quantitative estimate of drug-likeness (QED) is 0.463. The van der Waals surface area contributed by atoms with Crippen molar-refractivity contribution in [3.05, 3.63) is 65.2 Å². The van der Waals surface area contributed by atoms with E-state index >= 15 is 0 Å². The van der Waals surface area contributed by atoms with Gasteiger partial charge < -0.3 is 15.0 Å². The number of benzene rings is 1. The average Bonchev–Trinajstić information content (AvgIpc) is 3.71. The lowest BCUT2D eigenvalue weighted by molar-refractivity contribution is -0.189. The van der Waals surface area contributed by atoms with E-state index in [0.717, 1.165) is 28.0 Å². The van der Waals surface area contributed by atoms with Gasteiger partial charge in [0.2, 0.25) is 5.82 Å². The van der Waals surface area contributed by atoms with Gasteiger partial charge in [-0.05, 0) is 44.1 Å². The minimum absolute atomic E-state index is 0.0191. The monoisotopic (exact) mass is 530 g/mol. The fraction of sp³-hybridized carbons (Fsp3) is 0.500. The van der Waals surface area contributed by atoms with Crippen molar-refractivity contribution in [2.24, 2.45) is 5.92 Å². The minimum Gasteiger partial charge on any atom is -0.463 e. The standard InChI is InChI=1S/C28H33F3N4O3/c1-3-20(13-18-7-5-4-6-8-18)23-14-24(23)35(27(37)28(29,30)31)22-11-9-21(10-12-22)32-15-19-16-33-25(34-17-19)26(36)38-2/h4-8,13,16-17,21-24,32H,3,9-12,14-15H2,1-2H3/b20-13+/t21-,22-,23-,24+/m0/s1. The van der Waals surface area contributed by atoms with E-state index in [-0.39, 0.29) is 17.8 Å². The summed E-state index contributed by atoms with van der Waals surface area (Å²) in [6.45, 7) is 2.47. The third-order valence-electron chi connectivity index (χ3n) is 7.39. The highest BCUT2D eigenvalue weighted by atomic mass is 19.4. The van der Waals surface area contributed by atoms with Gasteiger partial charge in [0.1, 0.15) is 0 Å². The third kappa shape index (κ3) is 6.78. The van der Waals surface area contributed by atoms with E-state index in [1.807, 2.05) is 43.3 Å². The number of halogens is 3. The third-order valence-corrected chi connectivity index (χ3v) is 7.39. The van der Waals surface area contributed by atoms with Gasteiger partial charge in [-0.15, -0.1) is 0 Å². The Morgan fingerprint density at radius 1 is 1.11 bits per heavy atom. The molecule has 0 aliphatic heterocycles. The van der Waals surface area contributed by atoms with Crippen molar-refractivity contribution in [3.8, 4) is 0 Å². The molecule has 2 aliphatic carbocycles. The number of rotatable bonds is 9. The molecule has 2 fully saturated rings. The van der Waals surface area contributed by atoms with Crippen LogP contribution in [0.2, 0.25) is 0 Å². The van der Waals surface area contributed by atoms with Crippen molar-refractivity contribution in [1.82, 2.24) is 20.2 Å². The van der Waals surface area contributed by atoms with E-state index in [4.69, 9.17) is 0 Å². The Balaban J connectivity index is 1.37. The lowest BCUT2D eigenvalue weighted by Gasteiger charge is -2.38. The molecule has 2 saturated carbocycles. The number of nitrogens with zero attached hydrogens (tertiary/aromatic N) is 3. The Kier molecular flexibility index (Phi) is 8.81. The van der Waals surface area contributed by atoms with Gasteiger partial charge in [0.25, 0.3) is 0 Å². The van der Waals surface area contributed by atoms with Crippen LogP contribution in [0.4, 0.5) is 13.2 Å². The first-order valence-electron chi connectivity index (χ1n) is 13.0. The predicted octanol–water partition coefficient (Wildman–Crippen LogP) is 4.94. The maximum atomic E-state index is 13.6. The molecule has 204 valence electrons. The van der Waals surface area contributed by atoms with Crippen molar-refractivity contribution in [1.29, 1.82) is 0 Å². The van der Waals surface area contributed by atoms with E-state index < -0.39 is 30.1 Å². The van der Waals surface area contributed by atoms with E-state index in [9.17, 15) is 22.8 Å². The molecule has 7 nitrogen and oxygen atoms in total. The number of carbonyl (C=O) groups excluding carboxylic acids is 2. The molecule has 1 N–H and O–H groups in total. The summed E-state index contributed by atoms with van der Waals surface area (Å²) in [6, 6.07) is 8.98. The second kappa shape index (κ2) is 12.1. The van der Waals surface area contributed by atoms with Gasteiger partial charge in [0.15, 0.2) is 0 Å². The maximum Gasteiger partial charge on any atom is 0.471 e. The molecule has 2 aliphatic rings. The highest BCUT2D eigenvalue weighted by Crippen LogP contribution is 2.47. The molecule has 0 bridgehead atoms. The molecule has 4 rings (SSSR count). The van der Waals surface area contributed by atoms with Gasteiger partial charge in [-0.2, -0.15) is 13.2 Å². The van der Waals surface area contributed by atoms with Crippen LogP contribution in [-0.4, -0.2) is 58.2 Å². The Bertz CT molecular complexity index is 1130. The van der Waals surface area contributed by atoms with Gasteiger partial charge in [0.05, 0.1) is 7.11 Å². The summed E-state index contributed by atoms with van der Waals surface area (Å²) in [6.07, 6.45) is 3.86. The summed E-state index contributed by atoms with van der Waals surface area (Å²) >= 11 is 0. The molecule has 1 aromatic heterocycles. The van der Waals surface area contributed by atoms with E-state index in [0.29, 0.717) is 38.6 Å². The van der Waals surface area contributed by atoms with Crippen LogP contribution >= 0.6 is 0 Å². The van der Waals surface area contributed by atoms with Crippen LogP contribution in [0.1, 0.15) is 67.2 Å². The fourth-order valence-corrected chi connectivity index (χ4v) is 5.32. The number of methoxy groups -OCH3 is 1. The summed E-state index contributed by atoms with van der Waals surface area (Å²) in [4.78, 5) is 33.2. The van der Waals surface area contributed by atoms with Crippen LogP contribution in [0.15, 0.2) is 48.3 Å². The van der Waals surface area contributed by atoms with Crippen LogP contribution in [-0.2, 0) is 16.1 Å². The molecule has 10 heteroatoms. The van der Waals surface area contributed by atoms with Crippen LogP contribution in [0.5, 0.6) is 0 Å². The normalized spacial score (nSPS) is 23.6. The number of amides is 1. The molecule has 0 unspecified atom stereocenters. The lowest BCUT2D eigenvalue weighted by Crippen LogP contribution is -2.51. The summed E-state index contributed by atoms with van der Waals surface area (Å²) in [7, 11) is 1.26. The number of ether oxygens (including phenoxy) is 1. The number of carbonyl (C=O) groups is 2. The van der Waals surface area contributed by atoms with Crippen molar-refractivity contribution >= 4 is 18.0 Å². The Morgan fingerprint density at radius 2 is 1.76 bits per heavy atom. The average molecular weight is 531 g/mol. The van der Waals surface area contributed by atoms with Crippen molar-refractivity contribution < 1.29 is 27.5 Å². The summed E-state index contributed by atoms with van der Waals surface area (Å²) in [5.41, 5.74) is 2.88. The SMILES string of the molecule is CC/C(=C\c1ccccc1)[C@@H]1C[C@H]1N(C(=O)C(F)(F)F)[C@H]1CC[C@H](NCc2cnc(C(=O)OC)nc2)CC1. The largest absolute Gasteiger partial charge is 0.471 e. The first-order valence-corrected chi connectivity index (χ1v) is 13.0. The van der Waals surface area contributed by atoms with Gasteiger partial charge in [-0.3, -0.25) is 4.79 Å². The van der Waals surface area contributed by atoms with Crippen molar-refractivity contribution in [2.75, 3.05) is 7.11 Å².